The summed E-state index contributed by atoms with van der Waals surface area (Å²) >= 11 is 1.45. The van der Waals surface area contributed by atoms with Gasteiger partial charge in [0.25, 0.3) is 0 Å². The monoisotopic (exact) mass is 550 g/mol. The van der Waals surface area contributed by atoms with Crippen LogP contribution in [0.25, 0.3) is 0 Å². The maximum Gasteiger partial charge on any atom is 0.240 e. The molecule has 0 aromatic heterocycles. The lowest BCUT2D eigenvalue weighted by atomic mass is 9.62. The molecule has 9 nitrogen and oxygen atoms in total. The first kappa shape index (κ1) is 27.1. The summed E-state index contributed by atoms with van der Waals surface area (Å²) in [6, 6.07) is 14.9. The zero-order chi connectivity index (χ0) is 27.9. The Morgan fingerprint density at radius 1 is 0.846 bits per heavy atom. The van der Waals surface area contributed by atoms with Crippen molar-refractivity contribution in [1.29, 1.82) is 0 Å². The molecule has 1 aliphatic carbocycles. The molecule has 1 saturated heterocycles. The van der Waals surface area contributed by atoms with E-state index in [0.29, 0.717) is 5.17 Å². The molecule has 5 rings (SSSR count). The van der Waals surface area contributed by atoms with Crippen molar-refractivity contribution in [2.24, 2.45) is 16.9 Å². The van der Waals surface area contributed by atoms with Crippen LogP contribution in [0, 0.1) is 11.8 Å². The molecule has 2 bridgehead atoms. The van der Waals surface area contributed by atoms with E-state index >= 15 is 0 Å². The van der Waals surface area contributed by atoms with Crippen LogP contribution in [-0.4, -0.2) is 51.9 Å². The second-order valence-electron chi connectivity index (χ2n) is 10.3. The van der Waals surface area contributed by atoms with Gasteiger partial charge >= 0.3 is 0 Å². The summed E-state index contributed by atoms with van der Waals surface area (Å²) in [5, 5.41) is 9.48. The van der Waals surface area contributed by atoms with Gasteiger partial charge in [-0.2, -0.15) is 0 Å². The number of nitrogens with zero attached hydrogens (tertiary/aromatic N) is 3. The zero-order valence-corrected chi connectivity index (χ0v) is 23.7. The van der Waals surface area contributed by atoms with Gasteiger partial charge in [-0.05, 0) is 48.2 Å². The van der Waals surface area contributed by atoms with E-state index in [2.05, 4.69) is 10.4 Å². The van der Waals surface area contributed by atoms with Crippen LogP contribution >= 0.6 is 11.8 Å². The van der Waals surface area contributed by atoms with Gasteiger partial charge in [0.2, 0.25) is 17.7 Å². The highest BCUT2D eigenvalue weighted by Crippen LogP contribution is 2.66. The third-order valence-corrected chi connectivity index (χ3v) is 9.58. The zero-order valence-electron chi connectivity index (χ0n) is 22.8. The van der Waals surface area contributed by atoms with Gasteiger partial charge in [-0.25, -0.2) is 5.01 Å². The topological polar surface area (TPSA) is 101 Å². The second kappa shape index (κ2) is 10.6. The predicted octanol–water partition coefficient (Wildman–Crippen LogP) is 4.46. The van der Waals surface area contributed by atoms with Crippen LogP contribution in [-0.2, 0) is 14.4 Å². The first-order chi connectivity index (χ1) is 18.7. The van der Waals surface area contributed by atoms with Crippen molar-refractivity contribution in [2.45, 2.75) is 57.0 Å². The highest BCUT2D eigenvalue weighted by Gasteiger charge is 2.67. The Bertz CT molecular complexity index is 1230. The molecule has 2 heterocycles. The van der Waals surface area contributed by atoms with Crippen molar-refractivity contribution in [1.82, 2.24) is 15.2 Å². The van der Waals surface area contributed by atoms with E-state index in [4.69, 9.17) is 9.47 Å². The summed E-state index contributed by atoms with van der Waals surface area (Å²) in [7, 11) is 3.25. The molecule has 1 spiro atoms. The number of piperidine rings is 1. The van der Waals surface area contributed by atoms with Gasteiger partial charge in [0, 0.05) is 32.6 Å². The van der Waals surface area contributed by atoms with Gasteiger partial charge in [-0.15, -0.1) is 5.10 Å². The Morgan fingerprint density at radius 2 is 1.33 bits per heavy atom. The Balaban J connectivity index is 1.74. The first-order valence-corrected chi connectivity index (χ1v) is 14.0. The molecule has 1 N–H and O–H groups in total. The number of amidine groups is 1. The van der Waals surface area contributed by atoms with E-state index in [0.717, 1.165) is 41.9 Å². The fourth-order valence-corrected chi connectivity index (χ4v) is 8.40. The number of carbonyl (C=O) groups is 3. The fourth-order valence-electron chi connectivity index (χ4n) is 6.73. The van der Waals surface area contributed by atoms with E-state index in [1.165, 1.54) is 25.6 Å². The van der Waals surface area contributed by atoms with Gasteiger partial charge in [0.1, 0.15) is 16.4 Å². The van der Waals surface area contributed by atoms with Gasteiger partial charge < -0.3 is 19.7 Å². The highest BCUT2D eigenvalue weighted by atomic mass is 32.2. The fraction of sp³-hybridized carbons (Fsp3) is 0.448. The summed E-state index contributed by atoms with van der Waals surface area (Å²) in [6.07, 6.45) is 2.54. The predicted molar refractivity (Wildman–Crippen MR) is 149 cm³/mol. The summed E-state index contributed by atoms with van der Waals surface area (Å²) in [4.78, 5) is 40.1. The summed E-state index contributed by atoms with van der Waals surface area (Å²) in [5.41, 5.74) is 1.93. The number of methoxy groups -OCH3 is 2. The third kappa shape index (κ3) is 4.54. The quantitative estimate of drug-likeness (QED) is 0.603. The molecule has 2 aromatic carbocycles. The number of likely N-dealkylation sites (tertiary alicyclic amines) is 1. The van der Waals surface area contributed by atoms with Crippen LogP contribution in [0.1, 0.15) is 63.2 Å². The minimum Gasteiger partial charge on any atom is -0.497 e. The number of benzene rings is 2. The molecule has 4 atom stereocenters. The van der Waals surface area contributed by atoms with E-state index in [1.807, 2.05) is 53.4 Å². The lowest BCUT2D eigenvalue weighted by Gasteiger charge is -2.62. The number of amides is 3. The number of carbonyl (C=O) groups excluding carboxylic acids is 3. The van der Waals surface area contributed by atoms with Gasteiger partial charge in [0.15, 0.2) is 5.17 Å². The average Bonchev–Trinajstić information content (AvgIpc) is 3.26. The molecular formula is C29H34N4O5S. The largest absolute Gasteiger partial charge is 0.497 e. The molecule has 1 saturated carbocycles. The normalized spacial score (nSPS) is 27.7. The number of ether oxygens (including phenoxy) is 2. The lowest BCUT2D eigenvalue weighted by Crippen LogP contribution is -2.66. The Morgan fingerprint density at radius 3 is 1.72 bits per heavy atom. The van der Waals surface area contributed by atoms with Crippen LogP contribution in [0.3, 0.4) is 0 Å². The Kier molecular flexibility index (Phi) is 7.33. The number of hydrazone groups is 1. The van der Waals surface area contributed by atoms with Crippen LogP contribution in [0.2, 0.25) is 0 Å². The van der Waals surface area contributed by atoms with E-state index in [1.54, 1.807) is 26.2 Å². The van der Waals surface area contributed by atoms with Crippen molar-refractivity contribution in [3.8, 4) is 11.5 Å². The summed E-state index contributed by atoms with van der Waals surface area (Å²) in [5.74, 6) is 0.708. The molecule has 2 fully saturated rings. The Hall–Kier alpha value is -3.53. The standard InChI is InChI=1S/C29H34N4O5S/c1-17(34)30-28-31-33(19(3)36)29(39-28)24-7-6-8-25(29)27(21-11-15-23(38-5)16-12-21)32(18(2)35)26(24)20-9-13-22(37-4)14-10-20/h9-16,24-27H,6-8H2,1-5H3,(H,30,31,34). The van der Waals surface area contributed by atoms with Crippen molar-refractivity contribution in [3.63, 3.8) is 0 Å². The molecule has 2 aliphatic heterocycles. The molecular weight excluding hydrogens is 516 g/mol. The van der Waals surface area contributed by atoms with Crippen molar-refractivity contribution >= 4 is 34.7 Å². The molecule has 0 radical (unpaired) electrons. The SMILES string of the molecule is COc1ccc(C2C3CCCC(C(c4ccc(OC)cc4)N2C(C)=O)C32SC(NC(C)=O)=NN2C(C)=O)cc1. The van der Waals surface area contributed by atoms with Crippen LogP contribution in [0.15, 0.2) is 53.6 Å². The molecule has 2 aromatic rings. The smallest absolute Gasteiger partial charge is 0.240 e. The van der Waals surface area contributed by atoms with Crippen LogP contribution < -0.4 is 14.8 Å². The van der Waals surface area contributed by atoms with E-state index in [9.17, 15) is 14.4 Å². The van der Waals surface area contributed by atoms with Crippen LogP contribution in [0.5, 0.6) is 11.5 Å². The average molecular weight is 551 g/mol. The molecule has 206 valence electrons. The van der Waals surface area contributed by atoms with E-state index in [-0.39, 0.29) is 41.6 Å². The Labute approximate surface area is 232 Å². The number of rotatable bonds is 4. The van der Waals surface area contributed by atoms with Gasteiger partial charge in [-0.3, -0.25) is 14.4 Å². The molecule has 39 heavy (non-hydrogen) atoms. The van der Waals surface area contributed by atoms with E-state index < -0.39 is 4.87 Å². The highest BCUT2D eigenvalue weighted by molar-refractivity contribution is 8.15. The minimum absolute atomic E-state index is 0.0382. The van der Waals surface area contributed by atoms with Crippen molar-refractivity contribution in [2.75, 3.05) is 14.2 Å². The maximum absolute atomic E-state index is 13.6. The second-order valence-corrected chi connectivity index (χ2v) is 11.5. The summed E-state index contributed by atoms with van der Waals surface area (Å²) in [6.45, 7) is 4.57. The maximum atomic E-state index is 13.6. The number of hydrogen-bond donors (Lipinski definition) is 1. The van der Waals surface area contributed by atoms with Gasteiger partial charge in [0.05, 0.1) is 26.3 Å². The number of nitrogens with one attached hydrogen (secondary N) is 1. The van der Waals surface area contributed by atoms with Gasteiger partial charge in [-0.1, -0.05) is 42.4 Å². The van der Waals surface area contributed by atoms with Crippen LogP contribution in [0.4, 0.5) is 0 Å². The first-order valence-electron chi connectivity index (χ1n) is 13.1. The minimum atomic E-state index is -0.789. The third-order valence-electron chi connectivity index (χ3n) is 8.10. The van der Waals surface area contributed by atoms with Crippen molar-refractivity contribution in [3.05, 3.63) is 59.7 Å². The summed E-state index contributed by atoms with van der Waals surface area (Å²) < 4.78 is 10.8. The molecule has 10 heteroatoms. The molecule has 3 amide bonds. The lowest BCUT2D eigenvalue weighted by molar-refractivity contribution is -0.162. The number of thioether (sulfide) groups is 1. The molecule has 4 unspecified atom stereocenters. The molecule has 3 aliphatic rings. The number of hydrogen-bond acceptors (Lipinski definition) is 7. The van der Waals surface area contributed by atoms with Crippen molar-refractivity contribution < 1.29 is 23.9 Å².